The molecule has 0 saturated heterocycles. The van der Waals surface area contributed by atoms with Crippen LogP contribution >= 0.6 is 0 Å². The summed E-state index contributed by atoms with van der Waals surface area (Å²) in [5, 5.41) is 0. The van der Waals surface area contributed by atoms with E-state index in [-0.39, 0.29) is 0 Å². The van der Waals surface area contributed by atoms with Crippen LogP contribution in [0.15, 0.2) is 42.7 Å². The standard InChI is InChI=1S/C17H26O/c1-2-3-4-5-6-7-11-15-18-16-14-17-12-9-8-10-13-17/h8-13,15H,2-7,14,16H2,1H3. The summed E-state index contributed by atoms with van der Waals surface area (Å²) in [6, 6.07) is 10.5. The van der Waals surface area contributed by atoms with Gasteiger partial charge in [-0.3, -0.25) is 0 Å². The first-order valence-corrected chi connectivity index (χ1v) is 7.24. The lowest BCUT2D eigenvalue weighted by molar-refractivity contribution is 0.252. The van der Waals surface area contributed by atoms with Crippen molar-refractivity contribution in [1.29, 1.82) is 0 Å². The van der Waals surface area contributed by atoms with E-state index in [4.69, 9.17) is 4.74 Å². The van der Waals surface area contributed by atoms with Crippen LogP contribution in [-0.2, 0) is 11.2 Å². The Morgan fingerprint density at radius 3 is 2.56 bits per heavy atom. The molecule has 0 aliphatic heterocycles. The summed E-state index contributed by atoms with van der Waals surface area (Å²) >= 11 is 0. The number of ether oxygens (including phenoxy) is 1. The molecule has 0 aliphatic carbocycles. The SMILES string of the molecule is CCCCCCCC=COCCc1ccccc1. The molecule has 0 N–H and O–H groups in total. The minimum Gasteiger partial charge on any atom is -0.501 e. The second kappa shape index (κ2) is 10.9. The van der Waals surface area contributed by atoms with Gasteiger partial charge in [0, 0.05) is 6.42 Å². The number of hydrogen-bond acceptors (Lipinski definition) is 1. The van der Waals surface area contributed by atoms with Gasteiger partial charge in [-0.05, 0) is 24.5 Å². The van der Waals surface area contributed by atoms with Gasteiger partial charge in [0.2, 0.25) is 0 Å². The molecule has 0 unspecified atom stereocenters. The van der Waals surface area contributed by atoms with E-state index in [1.807, 2.05) is 12.3 Å². The van der Waals surface area contributed by atoms with E-state index in [0.29, 0.717) is 0 Å². The highest BCUT2D eigenvalue weighted by atomic mass is 16.5. The van der Waals surface area contributed by atoms with E-state index < -0.39 is 0 Å². The average Bonchev–Trinajstić information content (AvgIpc) is 2.42. The molecule has 0 radical (unpaired) electrons. The highest BCUT2D eigenvalue weighted by molar-refractivity contribution is 5.14. The number of unbranched alkanes of at least 4 members (excludes halogenated alkanes) is 5. The maximum atomic E-state index is 5.48. The van der Waals surface area contributed by atoms with Gasteiger partial charge in [0.1, 0.15) is 0 Å². The highest BCUT2D eigenvalue weighted by Crippen LogP contribution is 2.05. The molecule has 0 aliphatic rings. The van der Waals surface area contributed by atoms with Crippen LogP contribution in [0, 0.1) is 0 Å². The van der Waals surface area contributed by atoms with Gasteiger partial charge in [-0.1, -0.05) is 62.9 Å². The summed E-state index contributed by atoms with van der Waals surface area (Å²) in [5.41, 5.74) is 1.34. The quantitative estimate of drug-likeness (QED) is 0.411. The van der Waals surface area contributed by atoms with Gasteiger partial charge in [-0.15, -0.1) is 0 Å². The van der Waals surface area contributed by atoms with Crippen LogP contribution in [0.5, 0.6) is 0 Å². The molecule has 1 nitrogen and oxygen atoms in total. The first kappa shape index (κ1) is 14.8. The smallest absolute Gasteiger partial charge is 0.0913 e. The van der Waals surface area contributed by atoms with Crippen LogP contribution in [0.2, 0.25) is 0 Å². The molecule has 0 spiro atoms. The summed E-state index contributed by atoms with van der Waals surface area (Å²) < 4.78 is 5.48. The molecule has 1 rings (SSSR count). The second-order valence-electron chi connectivity index (χ2n) is 4.68. The largest absolute Gasteiger partial charge is 0.501 e. The third-order valence-corrected chi connectivity index (χ3v) is 3.02. The van der Waals surface area contributed by atoms with Crippen LogP contribution < -0.4 is 0 Å². The molecule has 18 heavy (non-hydrogen) atoms. The molecule has 1 aromatic rings. The Morgan fingerprint density at radius 2 is 1.78 bits per heavy atom. The van der Waals surface area contributed by atoms with Crippen LogP contribution in [-0.4, -0.2) is 6.61 Å². The summed E-state index contributed by atoms with van der Waals surface area (Å²) in [4.78, 5) is 0. The zero-order valence-electron chi connectivity index (χ0n) is 11.6. The van der Waals surface area contributed by atoms with E-state index in [1.165, 1.54) is 37.7 Å². The third-order valence-electron chi connectivity index (χ3n) is 3.02. The minimum atomic E-state index is 0.774. The molecule has 0 atom stereocenters. The Morgan fingerprint density at radius 1 is 1.00 bits per heavy atom. The lowest BCUT2D eigenvalue weighted by atomic mass is 10.1. The van der Waals surface area contributed by atoms with Gasteiger partial charge >= 0.3 is 0 Å². The van der Waals surface area contributed by atoms with E-state index in [0.717, 1.165) is 19.4 Å². The zero-order valence-corrected chi connectivity index (χ0v) is 11.6. The zero-order chi connectivity index (χ0) is 12.9. The summed E-state index contributed by atoms with van der Waals surface area (Å²) in [6.07, 6.45) is 12.9. The first-order valence-electron chi connectivity index (χ1n) is 7.24. The van der Waals surface area contributed by atoms with Crippen molar-refractivity contribution < 1.29 is 4.74 Å². The molecule has 0 aromatic heterocycles. The summed E-state index contributed by atoms with van der Waals surface area (Å²) in [5.74, 6) is 0. The molecular weight excluding hydrogens is 220 g/mol. The van der Waals surface area contributed by atoms with Crippen molar-refractivity contribution in [3.8, 4) is 0 Å². The Labute approximate surface area is 112 Å². The van der Waals surface area contributed by atoms with E-state index >= 15 is 0 Å². The van der Waals surface area contributed by atoms with Crippen molar-refractivity contribution in [2.24, 2.45) is 0 Å². The minimum absolute atomic E-state index is 0.774. The van der Waals surface area contributed by atoms with Crippen molar-refractivity contribution in [3.63, 3.8) is 0 Å². The summed E-state index contributed by atoms with van der Waals surface area (Å²) in [6.45, 7) is 3.02. The maximum absolute atomic E-state index is 5.48. The van der Waals surface area contributed by atoms with Crippen molar-refractivity contribution in [3.05, 3.63) is 48.2 Å². The molecule has 0 fully saturated rings. The van der Waals surface area contributed by atoms with Gasteiger partial charge in [0.05, 0.1) is 12.9 Å². The molecule has 100 valence electrons. The number of rotatable bonds is 10. The lowest BCUT2D eigenvalue weighted by Crippen LogP contribution is -1.93. The van der Waals surface area contributed by atoms with Crippen molar-refractivity contribution in [1.82, 2.24) is 0 Å². The molecule has 0 heterocycles. The normalized spacial score (nSPS) is 10.9. The number of benzene rings is 1. The van der Waals surface area contributed by atoms with Crippen LogP contribution in [0.4, 0.5) is 0 Å². The number of allylic oxidation sites excluding steroid dienone is 1. The monoisotopic (exact) mass is 246 g/mol. The van der Waals surface area contributed by atoms with E-state index in [2.05, 4.69) is 37.3 Å². The lowest BCUT2D eigenvalue weighted by Gasteiger charge is -2.01. The molecule has 0 amide bonds. The van der Waals surface area contributed by atoms with Crippen LogP contribution in [0.1, 0.15) is 51.0 Å². The van der Waals surface area contributed by atoms with Gasteiger partial charge in [-0.25, -0.2) is 0 Å². The second-order valence-corrected chi connectivity index (χ2v) is 4.68. The molecule has 1 heteroatoms. The Bertz CT molecular complexity index is 303. The highest BCUT2D eigenvalue weighted by Gasteiger charge is 1.90. The maximum Gasteiger partial charge on any atom is 0.0913 e. The third kappa shape index (κ3) is 7.94. The van der Waals surface area contributed by atoms with Crippen LogP contribution in [0.3, 0.4) is 0 Å². The molecule has 0 saturated carbocycles. The van der Waals surface area contributed by atoms with Gasteiger partial charge in [0.15, 0.2) is 0 Å². The van der Waals surface area contributed by atoms with Crippen molar-refractivity contribution in [2.75, 3.05) is 6.61 Å². The Hall–Kier alpha value is -1.24. The molecular formula is C17H26O. The fourth-order valence-electron chi connectivity index (χ4n) is 1.89. The van der Waals surface area contributed by atoms with Gasteiger partial charge < -0.3 is 4.74 Å². The summed E-state index contributed by atoms with van der Waals surface area (Å²) in [7, 11) is 0. The molecule has 1 aromatic carbocycles. The predicted molar refractivity (Wildman–Crippen MR) is 78.6 cm³/mol. The van der Waals surface area contributed by atoms with Crippen molar-refractivity contribution >= 4 is 0 Å². The van der Waals surface area contributed by atoms with Gasteiger partial charge in [-0.2, -0.15) is 0 Å². The Balaban J connectivity index is 1.91. The first-order chi connectivity index (χ1) is 8.93. The van der Waals surface area contributed by atoms with E-state index in [9.17, 15) is 0 Å². The Kier molecular flexibility index (Phi) is 8.96. The van der Waals surface area contributed by atoms with Gasteiger partial charge in [0.25, 0.3) is 0 Å². The fraction of sp³-hybridized carbons (Fsp3) is 0.529. The van der Waals surface area contributed by atoms with E-state index in [1.54, 1.807) is 0 Å². The number of hydrogen-bond donors (Lipinski definition) is 0. The topological polar surface area (TPSA) is 9.23 Å². The molecule has 0 bridgehead atoms. The van der Waals surface area contributed by atoms with Crippen LogP contribution in [0.25, 0.3) is 0 Å². The predicted octanol–water partition coefficient (Wildman–Crippen LogP) is 5.12. The average molecular weight is 246 g/mol. The van der Waals surface area contributed by atoms with Crippen molar-refractivity contribution in [2.45, 2.75) is 51.9 Å². The fourth-order valence-corrected chi connectivity index (χ4v) is 1.89.